The van der Waals surface area contributed by atoms with Crippen molar-refractivity contribution in [3.05, 3.63) is 48.6 Å². The molecular formula is C22H32O5. The fourth-order valence-corrected chi connectivity index (χ4v) is 3.10. The number of ketones is 1. The molecular weight excluding hydrogens is 344 g/mol. The van der Waals surface area contributed by atoms with Crippen LogP contribution in [0.3, 0.4) is 0 Å². The summed E-state index contributed by atoms with van der Waals surface area (Å²) in [6, 6.07) is 0. The first-order chi connectivity index (χ1) is 13.0. The molecule has 150 valence electrons. The highest BCUT2D eigenvalue weighted by Crippen LogP contribution is 2.33. The second kappa shape index (κ2) is 13.2. The summed E-state index contributed by atoms with van der Waals surface area (Å²) >= 11 is 0. The van der Waals surface area contributed by atoms with E-state index in [9.17, 15) is 19.8 Å². The second-order valence-corrected chi connectivity index (χ2v) is 6.84. The number of hydrogen-bond acceptors (Lipinski definition) is 4. The molecule has 0 amide bonds. The molecule has 4 atom stereocenters. The van der Waals surface area contributed by atoms with Crippen LogP contribution in [0.5, 0.6) is 0 Å². The molecule has 0 aromatic heterocycles. The highest BCUT2D eigenvalue weighted by molar-refractivity contribution is 5.84. The van der Waals surface area contributed by atoms with E-state index >= 15 is 0 Å². The number of aliphatic carboxylic acids is 1. The van der Waals surface area contributed by atoms with Crippen LogP contribution in [0.1, 0.15) is 51.9 Å². The molecule has 0 aromatic rings. The van der Waals surface area contributed by atoms with Crippen LogP contribution in [0.15, 0.2) is 48.6 Å². The molecule has 0 bridgehead atoms. The van der Waals surface area contributed by atoms with Crippen molar-refractivity contribution in [3.8, 4) is 0 Å². The quantitative estimate of drug-likeness (QED) is 0.453. The van der Waals surface area contributed by atoms with Gasteiger partial charge in [-0.2, -0.15) is 0 Å². The van der Waals surface area contributed by atoms with Crippen molar-refractivity contribution in [1.82, 2.24) is 0 Å². The normalized spacial score (nSPS) is 24.9. The third-order valence-electron chi connectivity index (χ3n) is 4.61. The molecule has 1 saturated carbocycles. The van der Waals surface area contributed by atoms with Crippen molar-refractivity contribution < 1.29 is 24.9 Å². The molecule has 1 fully saturated rings. The number of carboxylic acids is 1. The summed E-state index contributed by atoms with van der Waals surface area (Å²) in [6.07, 6.45) is 17.4. The van der Waals surface area contributed by atoms with Crippen LogP contribution in [0.4, 0.5) is 0 Å². The molecule has 1 aliphatic rings. The number of carboxylic acid groups (broad SMARTS) is 1. The van der Waals surface area contributed by atoms with E-state index in [1.807, 2.05) is 12.2 Å². The fraction of sp³-hybridized carbons (Fsp3) is 0.545. The lowest BCUT2D eigenvalue weighted by Crippen LogP contribution is -2.19. The van der Waals surface area contributed by atoms with Crippen LogP contribution < -0.4 is 0 Å². The predicted octanol–water partition coefficient (Wildman–Crippen LogP) is 3.58. The van der Waals surface area contributed by atoms with E-state index in [0.29, 0.717) is 6.42 Å². The lowest BCUT2D eigenvalue weighted by atomic mass is 9.90. The van der Waals surface area contributed by atoms with Gasteiger partial charge in [-0.3, -0.25) is 9.59 Å². The Morgan fingerprint density at radius 1 is 1.15 bits per heavy atom. The molecule has 0 aliphatic heterocycles. The Labute approximate surface area is 161 Å². The molecule has 0 spiro atoms. The fourth-order valence-electron chi connectivity index (χ4n) is 3.10. The number of Topliss-reactive ketones (excluding diaryl/α,β-unsaturated/α-hetero) is 1. The van der Waals surface area contributed by atoms with Crippen molar-refractivity contribution in [3.63, 3.8) is 0 Å². The first-order valence-electron chi connectivity index (χ1n) is 9.69. The lowest BCUT2D eigenvalue weighted by Gasteiger charge is -2.16. The van der Waals surface area contributed by atoms with Gasteiger partial charge in [0.15, 0.2) is 0 Å². The molecule has 5 nitrogen and oxygen atoms in total. The van der Waals surface area contributed by atoms with E-state index in [1.54, 1.807) is 6.08 Å². The molecule has 0 radical (unpaired) electrons. The van der Waals surface area contributed by atoms with Crippen molar-refractivity contribution in [2.75, 3.05) is 0 Å². The first kappa shape index (κ1) is 23.1. The second-order valence-electron chi connectivity index (χ2n) is 6.84. The van der Waals surface area contributed by atoms with Crippen LogP contribution in [-0.2, 0) is 9.59 Å². The van der Waals surface area contributed by atoms with E-state index in [1.165, 1.54) is 6.08 Å². The van der Waals surface area contributed by atoms with Gasteiger partial charge in [0.05, 0.1) is 12.2 Å². The maximum atomic E-state index is 12.1. The smallest absolute Gasteiger partial charge is 0.303 e. The molecule has 0 heterocycles. The average Bonchev–Trinajstić information content (AvgIpc) is 2.89. The topological polar surface area (TPSA) is 94.8 Å². The lowest BCUT2D eigenvalue weighted by molar-refractivity contribution is -0.137. The van der Waals surface area contributed by atoms with Gasteiger partial charge in [0.2, 0.25) is 0 Å². The maximum Gasteiger partial charge on any atom is 0.303 e. The zero-order chi connectivity index (χ0) is 20.1. The van der Waals surface area contributed by atoms with Gasteiger partial charge < -0.3 is 15.3 Å². The molecule has 1 aliphatic carbocycles. The molecule has 0 aromatic carbocycles. The minimum atomic E-state index is -0.961. The van der Waals surface area contributed by atoms with Crippen LogP contribution >= 0.6 is 0 Å². The van der Waals surface area contributed by atoms with E-state index in [-0.39, 0.29) is 36.9 Å². The standard InChI is InChI=1S/C22H32O5/c1-2-3-4-5-6-7-8-9-10-11-18-19(21(25)16-20(18)24)14-12-17(23)13-15-22(26)27/h3-4,6-7,9-10,12,14,17-19,21,23,25H,2,5,8,11,13,15-16H2,1H3,(H,26,27)/b4-3-,7-6-,10-9-,14-12+/t17-,18+,19+,21+/m1/s1. The number of rotatable bonds is 12. The van der Waals surface area contributed by atoms with Crippen LogP contribution in [0.25, 0.3) is 0 Å². The summed E-state index contributed by atoms with van der Waals surface area (Å²) in [6.45, 7) is 2.10. The Morgan fingerprint density at radius 3 is 2.41 bits per heavy atom. The van der Waals surface area contributed by atoms with Gasteiger partial charge >= 0.3 is 5.97 Å². The zero-order valence-electron chi connectivity index (χ0n) is 16.0. The van der Waals surface area contributed by atoms with Crippen molar-refractivity contribution in [1.29, 1.82) is 0 Å². The van der Waals surface area contributed by atoms with E-state index < -0.39 is 18.2 Å². The van der Waals surface area contributed by atoms with Gasteiger partial charge in [0, 0.05) is 24.7 Å². The van der Waals surface area contributed by atoms with Gasteiger partial charge in [-0.1, -0.05) is 55.5 Å². The van der Waals surface area contributed by atoms with Crippen molar-refractivity contribution >= 4 is 11.8 Å². The number of aliphatic hydroxyl groups excluding tert-OH is 2. The summed E-state index contributed by atoms with van der Waals surface area (Å²) < 4.78 is 0. The SMILES string of the molecule is CC/C=C\C/C=C\C/C=C\C[C@@H]1C(=O)C[C@H](O)[C@H]1/C=C/[C@@H](O)CCC(=O)O. The minimum Gasteiger partial charge on any atom is -0.481 e. The van der Waals surface area contributed by atoms with Crippen LogP contribution in [-0.4, -0.2) is 39.3 Å². The monoisotopic (exact) mass is 376 g/mol. The van der Waals surface area contributed by atoms with Crippen LogP contribution in [0.2, 0.25) is 0 Å². The Balaban J connectivity index is 2.48. The summed E-state index contributed by atoms with van der Waals surface area (Å²) in [5.74, 6) is -1.56. The van der Waals surface area contributed by atoms with Gasteiger partial charge in [0.1, 0.15) is 5.78 Å². The number of aliphatic hydroxyl groups is 2. The highest BCUT2D eigenvalue weighted by atomic mass is 16.4. The number of carbonyl (C=O) groups is 2. The number of hydrogen-bond donors (Lipinski definition) is 3. The van der Waals surface area contributed by atoms with Gasteiger partial charge in [-0.05, 0) is 32.1 Å². The van der Waals surface area contributed by atoms with E-state index in [4.69, 9.17) is 5.11 Å². The summed E-state index contributed by atoms with van der Waals surface area (Å²) in [7, 11) is 0. The van der Waals surface area contributed by atoms with E-state index in [0.717, 1.165) is 19.3 Å². The maximum absolute atomic E-state index is 12.1. The van der Waals surface area contributed by atoms with Crippen molar-refractivity contribution in [2.24, 2.45) is 11.8 Å². The minimum absolute atomic E-state index is 0.0297. The van der Waals surface area contributed by atoms with Crippen LogP contribution in [0, 0.1) is 11.8 Å². The Hall–Kier alpha value is -1.98. The molecule has 1 rings (SSSR count). The largest absolute Gasteiger partial charge is 0.481 e. The van der Waals surface area contributed by atoms with E-state index in [2.05, 4.69) is 31.2 Å². The Kier molecular flexibility index (Phi) is 11.3. The Morgan fingerprint density at radius 2 is 1.78 bits per heavy atom. The molecule has 0 saturated heterocycles. The predicted molar refractivity (Wildman–Crippen MR) is 106 cm³/mol. The number of allylic oxidation sites excluding steroid dienone is 6. The Bertz CT molecular complexity index is 573. The third kappa shape index (κ3) is 9.50. The molecule has 27 heavy (non-hydrogen) atoms. The third-order valence-corrected chi connectivity index (χ3v) is 4.61. The highest BCUT2D eigenvalue weighted by Gasteiger charge is 2.39. The zero-order valence-corrected chi connectivity index (χ0v) is 16.0. The summed E-state index contributed by atoms with van der Waals surface area (Å²) in [4.78, 5) is 22.7. The van der Waals surface area contributed by atoms with Gasteiger partial charge in [-0.25, -0.2) is 0 Å². The number of carbonyl (C=O) groups excluding carboxylic acids is 1. The summed E-state index contributed by atoms with van der Waals surface area (Å²) in [5.41, 5.74) is 0. The molecule has 0 unspecified atom stereocenters. The van der Waals surface area contributed by atoms with Gasteiger partial charge in [-0.15, -0.1) is 0 Å². The van der Waals surface area contributed by atoms with Gasteiger partial charge in [0.25, 0.3) is 0 Å². The summed E-state index contributed by atoms with van der Waals surface area (Å²) in [5, 5.41) is 28.6. The molecule has 3 N–H and O–H groups in total. The first-order valence-corrected chi connectivity index (χ1v) is 9.69. The molecule has 5 heteroatoms. The van der Waals surface area contributed by atoms with Crippen molar-refractivity contribution in [2.45, 2.75) is 64.1 Å². The average molecular weight is 376 g/mol.